The van der Waals surface area contributed by atoms with Crippen LogP contribution in [0.2, 0.25) is 5.02 Å². The van der Waals surface area contributed by atoms with Crippen molar-refractivity contribution in [1.82, 2.24) is 0 Å². The van der Waals surface area contributed by atoms with Crippen molar-refractivity contribution >= 4 is 44.6 Å². The number of sulfonamides is 1. The fraction of sp³-hybridized carbons (Fsp3) is 0.316. The van der Waals surface area contributed by atoms with Gasteiger partial charge in [0.25, 0.3) is 11.6 Å². The molecule has 10 heteroatoms. The van der Waals surface area contributed by atoms with Crippen molar-refractivity contribution in [1.29, 1.82) is 0 Å². The quantitative estimate of drug-likeness (QED) is 0.542. The topological polar surface area (TPSA) is 110 Å². The molecule has 0 atom stereocenters. The van der Waals surface area contributed by atoms with Gasteiger partial charge < -0.3 is 5.32 Å². The van der Waals surface area contributed by atoms with E-state index in [1.807, 2.05) is 6.92 Å². The summed E-state index contributed by atoms with van der Waals surface area (Å²) in [5.74, 6) is -0.499. The summed E-state index contributed by atoms with van der Waals surface area (Å²) in [7, 11) is -3.43. The van der Waals surface area contributed by atoms with Gasteiger partial charge in [-0.1, -0.05) is 24.6 Å². The summed E-state index contributed by atoms with van der Waals surface area (Å²) in [6.45, 7) is 2.21. The second kappa shape index (κ2) is 8.38. The van der Waals surface area contributed by atoms with Gasteiger partial charge in [0.2, 0.25) is 10.0 Å². The lowest BCUT2D eigenvalue weighted by atomic mass is 10.0. The number of anilines is 2. The van der Waals surface area contributed by atoms with Crippen LogP contribution in [0.4, 0.5) is 17.1 Å². The predicted molar refractivity (Wildman–Crippen MR) is 112 cm³/mol. The number of nitro benzene ring substituents is 1. The first-order valence-corrected chi connectivity index (χ1v) is 11.1. The third-order valence-electron chi connectivity index (χ3n) is 4.62. The highest BCUT2D eigenvalue weighted by atomic mass is 35.5. The van der Waals surface area contributed by atoms with Gasteiger partial charge in [0, 0.05) is 23.9 Å². The zero-order chi connectivity index (χ0) is 21.2. The van der Waals surface area contributed by atoms with Crippen molar-refractivity contribution in [3.63, 3.8) is 0 Å². The van der Waals surface area contributed by atoms with Crippen LogP contribution in [0.5, 0.6) is 0 Å². The number of nitrogens with zero attached hydrogens (tertiary/aromatic N) is 2. The lowest BCUT2D eigenvalue weighted by Gasteiger charge is -2.31. The lowest BCUT2D eigenvalue weighted by molar-refractivity contribution is -0.384. The molecule has 0 saturated heterocycles. The molecule has 2 aromatic rings. The Hall–Kier alpha value is -2.65. The molecule has 0 aliphatic carbocycles. The average molecular weight is 438 g/mol. The zero-order valence-corrected chi connectivity index (χ0v) is 17.3. The fourth-order valence-electron chi connectivity index (χ4n) is 3.27. The van der Waals surface area contributed by atoms with Gasteiger partial charge in [-0.15, -0.1) is 0 Å². The summed E-state index contributed by atoms with van der Waals surface area (Å²) in [5.41, 5.74) is 1.58. The van der Waals surface area contributed by atoms with Gasteiger partial charge in [-0.3, -0.25) is 19.2 Å². The maximum absolute atomic E-state index is 12.6. The van der Waals surface area contributed by atoms with Crippen LogP contribution in [0.3, 0.4) is 0 Å². The molecule has 2 aromatic carbocycles. The Bertz CT molecular complexity index is 1070. The number of halogens is 1. The molecular weight excluding hydrogens is 418 g/mol. The molecule has 0 bridgehead atoms. The Balaban J connectivity index is 1.89. The number of aryl methyl sites for hydroxylation is 1. The summed E-state index contributed by atoms with van der Waals surface area (Å²) in [4.78, 5) is 22.9. The van der Waals surface area contributed by atoms with Crippen molar-refractivity contribution < 1.29 is 18.1 Å². The molecule has 3 rings (SSSR count). The summed E-state index contributed by atoms with van der Waals surface area (Å²) < 4.78 is 26.6. The van der Waals surface area contributed by atoms with E-state index in [9.17, 15) is 23.3 Å². The Morgan fingerprint density at radius 2 is 2.03 bits per heavy atom. The van der Waals surface area contributed by atoms with Crippen LogP contribution in [-0.4, -0.2) is 31.5 Å². The number of benzene rings is 2. The Morgan fingerprint density at radius 3 is 2.72 bits per heavy atom. The van der Waals surface area contributed by atoms with Crippen LogP contribution in [0.1, 0.15) is 35.7 Å². The monoisotopic (exact) mass is 437 g/mol. The zero-order valence-electron chi connectivity index (χ0n) is 15.7. The van der Waals surface area contributed by atoms with Gasteiger partial charge in [-0.05, 0) is 49.1 Å². The van der Waals surface area contributed by atoms with E-state index in [0.717, 1.165) is 24.5 Å². The molecule has 0 saturated carbocycles. The maximum atomic E-state index is 12.6. The van der Waals surface area contributed by atoms with Crippen molar-refractivity contribution in [3.8, 4) is 0 Å². The van der Waals surface area contributed by atoms with E-state index in [2.05, 4.69) is 5.32 Å². The smallest absolute Gasteiger partial charge is 0.288 e. The van der Waals surface area contributed by atoms with Crippen LogP contribution in [0, 0.1) is 10.1 Å². The van der Waals surface area contributed by atoms with Gasteiger partial charge in [0.1, 0.15) is 5.02 Å². The Labute approximate surface area is 173 Å². The predicted octanol–water partition coefficient (Wildman–Crippen LogP) is 3.99. The minimum absolute atomic E-state index is 0.0530. The first-order valence-electron chi connectivity index (χ1n) is 9.11. The molecular formula is C19H20ClN3O5S. The molecule has 1 N–H and O–H groups in total. The number of nitrogens with one attached hydrogen (secondary N) is 1. The highest BCUT2D eigenvalue weighted by Crippen LogP contribution is 2.33. The van der Waals surface area contributed by atoms with Gasteiger partial charge >= 0.3 is 0 Å². The van der Waals surface area contributed by atoms with Crippen LogP contribution in [0.25, 0.3) is 0 Å². The summed E-state index contributed by atoms with van der Waals surface area (Å²) in [6.07, 6.45) is 2.00. The molecule has 0 fully saturated rings. The third kappa shape index (κ3) is 4.51. The Morgan fingerprint density at radius 1 is 1.28 bits per heavy atom. The van der Waals surface area contributed by atoms with Crippen molar-refractivity contribution in [2.24, 2.45) is 0 Å². The van der Waals surface area contributed by atoms with Gasteiger partial charge in [0.05, 0.1) is 16.4 Å². The van der Waals surface area contributed by atoms with Crippen LogP contribution in [0.15, 0.2) is 36.4 Å². The van der Waals surface area contributed by atoms with E-state index in [0.29, 0.717) is 24.3 Å². The van der Waals surface area contributed by atoms with E-state index in [-0.39, 0.29) is 22.0 Å². The largest absolute Gasteiger partial charge is 0.322 e. The average Bonchev–Trinajstić information content (AvgIpc) is 2.67. The highest BCUT2D eigenvalue weighted by molar-refractivity contribution is 7.92. The second-order valence-corrected chi connectivity index (χ2v) is 9.13. The number of rotatable bonds is 6. The van der Waals surface area contributed by atoms with Crippen molar-refractivity contribution in [3.05, 3.63) is 62.7 Å². The number of fused-ring (bicyclic) bond motifs is 1. The number of carbonyl (C=O) groups excluding carboxylic acids is 1. The second-order valence-electron chi connectivity index (χ2n) is 6.71. The van der Waals surface area contributed by atoms with E-state index in [1.165, 1.54) is 16.4 Å². The van der Waals surface area contributed by atoms with Gasteiger partial charge in [-0.25, -0.2) is 8.42 Å². The van der Waals surface area contributed by atoms with Crippen LogP contribution >= 0.6 is 11.6 Å². The first kappa shape index (κ1) is 21.1. The SMILES string of the molecule is CCCS(=O)(=O)N1CCCc2ccc(NC(=O)c3ccc(Cl)c([N+](=O)[O-])c3)cc21. The molecule has 0 unspecified atom stereocenters. The van der Waals surface area contributed by atoms with Gasteiger partial charge in [-0.2, -0.15) is 0 Å². The van der Waals surface area contributed by atoms with E-state index < -0.39 is 20.9 Å². The van der Waals surface area contributed by atoms with Crippen molar-refractivity contribution in [2.45, 2.75) is 26.2 Å². The van der Waals surface area contributed by atoms with E-state index in [1.54, 1.807) is 18.2 Å². The van der Waals surface area contributed by atoms with Crippen LogP contribution < -0.4 is 9.62 Å². The molecule has 0 aromatic heterocycles. The van der Waals surface area contributed by atoms with Gasteiger partial charge in [0.15, 0.2) is 0 Å². The maximum Gasteiger partial charge on any atom is 0.288 e. The molecule has 29 heavy (non-hydrogen) atoms. The summed E-state index contributed by atoms with van der Waals surface area (Å²) in [6, 6.07) is 8.90. The number of hydrogen-bond acceptors (Lipinski definition) is 5. The molecule has 0 spiro atoms. The van der Waals surface area contributed by atoms with Crippen molar-refractivity contribution in [2.75, 3.05) is 21.9 Å². The molecule has 1 aliphatic heterocycles. The molecule has 1 amide bonds. The fourth-order valence-corrected chi connectivity index (χ4v) is 5.07. The molecule has 8 nitrogen and oxygen atoms in total. The minimum Gasteiger partial charge on any atom is -0.322 e. The molecule has 154 valence electrons. The first-order chi connectivity index (χ1) is 13.7. The van der Waals surface area contributed by atoms with Crippen LogP contribution in [-0.2, 0) is 16.4 Å². The highest BCUT2D eigenvalue weighted by Gasteiger charge is 2.27. The molecule has 0 radical (unpaired) electrons. The van der Waals surface area contributed by atoms with E-state index in [4.69, 9.17) is 11.6 Å². The lowest BCUT2D eigenvalue weighted by Crippen LogP contribution is -2.37. The number of nitro groups is 1. The number of hydrogen-bond donors (Lipinski definition) is 1. The standard InChI is InChI=1S/C19H20ClN3O5S/c1-2-10-29(27,28)22-9-3-4-13-5-7-15(12-17(13)22)21-19(24)14-6-8-16(20)18(11-14)23(25)26/h5-8,11-12H,2-4,9-10H2,1H3,(H,21,24). The Kier molecular flexibility index (Phi) is 6.09. The molecule has 1 aliphatic rings. The third-order valence-corrected chi connectivity index (χ3v) is 6.92. The minimum atomic E-state index is -3.43. The normalized spacial score (nSPS) is 13.7. The summed E-state index contributed by atoms with van der Waals surface area (Å²) >= 11 is 5.78. The number of carbonyl (C=O) groups is 1. The number of amides is 1. The summed E-state index contributed by atoms with van der Waals surface area (Å²) in [5, 5.41) is 13.6. The van der Waals surface area contributed by atoms with E-state index >= 15 is 0 Å². The molecule has 1 heterocycles.